The lowest BCUT2D eigenvalue weighted by atomic mass is 10.2. The van der Waals surface area contributed by atoms with Crippen LogP contribution < -0.4 is 5.32 Å². The molecule has 1 aromatic carbocycles. The molecule has 0 bridgehead atoms. The summed E-state index contributed by atoms with van der Waals surface area (Å²) in [5, 5.41) is 2.55. The van der Waals surface area contributed by atoms with E-state index in [1.165, 1.54) is 25.3 Å². The summed E-state index contributed by atoms with van der Waals surface area (Å²) in [7, 11) is 0. The van der Waals surface area contributed by atoms with Crippen molar-refractivity contribution in [3.8, 4) is 0 Å². The van der Waals surface area contributed by atoms with Gasteiger partial charge in [-0.05, 0) is 37.3 Å². The van der Waals surface area contributed by atoms with Gasteiger partial charge in [-0.2, -0.15) is 0 Å². The van der Waals surface area contributed by atoms with Gasteiger partial charge < -0.3 is 14.5 Å². The molecule has 0 fully saturated rings. The van der Waals surface area contributed by atoms with E-state index in [1.54, 1.807) is 12.1 Å². The number of rotatable bonds is 5. The van der Waals surface area contributed by atoms with E-state index in [1.807, 2.05) is 0 Å². The molecule has 116 valence electrons. The first-order valence-corrected chi connectivity index (χ1v) is 7.23. The van der Waals surface area contributed by atoms with E-state index < -0.39 is 23.8 Å². The van der Waals surface area contributed by atoms with Gasteiger partial charge in [-0.3, -0.25) is 4.79 Å². The summed E-state index contributed by atoms with van der Waals surface area (Å²) >= 11 is 3.09. The average Bonchev–Trinajstić information content (AvgIpc) is 2.97. The fraction of sp³-hybridized carbons (Fsp3) is 0.200. The Bertz CT molecular complexity index is 672. The molecular formula is C15H13BrFNO4. The van der Waals surface area contributed by atoms with Gasteiger partial charge in [0, 0.05) is 4.47 Å². The van der Waals surface area contributed by atoms with Crippen molar-refractivity contribution in [2.75, 3.05) is 0 Å². The third-order valence-corrected chi connectivity index (χ3v) is 3.31. The summed E-state index contributed by atoms with van der Waals surface area (Å²) in [6.07, 6.45) is 0.437. The Morgan fingerprint density at radius 3 is 2.82 bits per heavy atom. The van der Waals surface area contributed by atoms with Gasteiger partial charge in [-0.1, -0.05) is 15.9 Å². The van der Waals surface area contributed by atoms with Gasteiger partial charge in [0.1, 0.15) is 11.6 Å². The highest BCUT2D eigenvalue weighted by Crippen LogP contribution is 2.16. The maximum atomic E-state index is 13.6. The molecule has 0 spiro atoms. The van der Waals surface area contributed by atoms with Crippen LogP contribution in [-0.4, -0.2) is 18.0 Å². The zero-order valence-electron chi connectivity index (χ0n) is 11.6. The van der Waals surface area contributed by atoms with Crippen LogP contribution in [0, 0.1) is 5.82 Å². The first-order valence-electron chi connectivity index (χ1n) is 6.43. The first-order chi connectivity index (χ1) is 10.5. The van der Waals surface area contributed by atoms with E-state index in [0.717, 1.165) is 6.07 Å². The summed E-state index contributed by atoms with van der Waals surface area (Å²) in [6.45, 7) is 1.59. The third-order valence-electron chi connectivity index (χ3n) is 2.82. The van der Waals surface area contributed by atoms with Crippen molar-refractivity contribution < 1.29 is 23.1 Å². The number of halogens is 2. The number of furan rings is 1. The number of benzene rings is 1. The maximum absolute atomic E-state index is 13.6. The van der Waals surface area contributed by atoms with Crippen LogP contribution in [0.15, 0.2) is 45.5 Å². The van der Waals surface area contributed by atoms with Crippen LogP contribution in [0.2, 0.25) is 0 Å². The number of carbonyl (C=O) groups is 2. The second-order valence-corrected chi connectivity index (χ2v) is 5.38. The van der Waals surface area contributed by atoms with Crippen molar-refractivity contribution in [3.05, 3.63) is 58.2 Å². The summed E-state index contributed by atoms with van der Waals surface area (Å²) in [5.41, 5.74) is -0.228. The minimum Gasteiger partial charge on any atom is -0.467 e. The Kier molecular flexibility index (Phi) is 5.32. The molecule has 2 rings (SSSR count). The Morgan fingerprint density at radius 1 is 1.41 bits per heavy atom. The van der Waals surface area contributed by atoms with Gasteiger partial charge in [0.2, 0.25) is 0 Å². The molecule has 1 aromatic heterocycles. The minimum absolute atomic E-state index is 0.181. The molecule has 0 saturated carbocycles. The minimum atomic E-state index is -1.05. The number of ether oxygens (including phenoxy) is 1. The Balaban J connectivity index is 1.91. The van der Waals surface area contributed by atoms with Crippen LogP contribution in [0.25, 0.3) is 0 Å². The van der Waals surface area contributed by atoms with Gasteiger partial charge in [0.25, 0.3) is 5.91 Å². The molecule has 0 unspecified atom stereocenters. The highest BCUT2D eigenvalue weighted by molar-refractivity contribution is 9.10. The molecule has 0 aliphatic carbocycles. The molecular weight excluding hydrogens is 357 g/mol. The quantitative estimate of drug-likeness (QED) is 0.822. The van der Waals surface area contributed by atoms with Crippen molar-refractivity contribution in [1.82, 2.24) is 5.32 Å². The second kappa shape index (κ2) is 7.22. The Labute approximate surface area is 134 Å². The molecule has 0 saturated heterocycles. The van der Waals surface area contributed by atoms with Gasteiger partial charge >= 0.3 is 5.97 Å². The van der Waals surface area contributed by atoms with Gasteiger partial charge in [-0.25, -0.2) is 9.18 Å². The molecule has 7 heteroatoms. The zero-order valence-corrected chi connectivity index (χ0v) is 13.2. The summed E-state index contributed by atoms with van der Waals surface area (Å²) in [5.74, 6) is -1.54. The highest BCUT2D eigenvalue weighted by atomic mass is 79.9. The van der Waals surface area contributed by atoms with Crippen molar-refractivity contribution >= 4 is 27.8 Å². The molecule has 1 atom stereocenters. The molecule has 22 heavy (non-hydrogen) atoms. The van der Waals surface area contributed by atoms with E-state index in [-0.39, 0.29) is 12.1 Å². The monoisotopic (exact) mass is 369 g/mol. The Morgan fingerprint density at radius 2 is 2.18 bits per heavy atom. The fourth-order valence-corrected chi connectivity index (χ4v) is 2.00. The van der Waals surface area contributed by atoms with Crippen LogP contribution in [0.3, 0.4) is 0 Å². The second-order valence-electron chi connectivity index (χ2n) is 4.47. The van der Waals surface area contributed by atoms with E-state index in [9.17, 15) is 14.0 Å². The predicted octanol–water partition coefficient (Wildman–Crippen LogP) is 3.04. The van der Waals surface area contributed by atoms with E-state index >= 15 is 0 Å². The van der Waals surface area contributed by atoms with Gasteiger partial charge in [0.05, 0.1) is 18.4 Å². The number of hydrogen-bond donors (Lipinski definition) is 1. The molecule has 1 N–H and O–H groups in total. The van der Waals surface area contributed by atoms with Crippen LogP contribution in [-0.2, 0) is 16.1 Å². The molecule has 0 radical (unpaired) electrons. The van der Waals surface area contributed by atoms with Crippen LogP contribution in [0.1, 0.15) is 23.0 Å². The smallest absolute Gasteiger partial charge is 0.341 e. The van der Waals surface area contributed by atoms with Crippen molar-refractivity contribution in [2.24, 2.45) is 0 Å². The molecule has 1 heterocycles. The van der Waals surface area contributed by atoms with Crippen LogP contribution in [0.5, 0.6) is 0 Å². The molecule has 2 aromatic rings. The number of nitrogens with one attached hydrogen (secondary N) is 1. The van der Waals surface area contributed by atoms with E-state index in [2.05, 4.69) is 21.2 Å². The van der Waals surface area contributed by atoms with Crippen LogP contribution >= 0.6 is 15.9 Å². The predicted molar refractivity (Wildman–Crippen MR) is 79.5 cm³/mol. The van der Waals surface area contributed by atoms with Gasteiger partial charge in [0.15, 0.2) is 6.10 Å². The third kappa shape index (κ3) is 4.17. The summed E-state index contributed by atoms with van der Waals surface area (Å²) in [4.78, 5) is 23.7. The van der Waals surface area contributed by atoms with Crippen molar-refractivity contribution in [1.29, 1.82) is 0 Å². The highest BCUT2D eigenvalue weighted by Gasteiger charge is 2.21. The van der Waals surface area contributed by atoms with Crippen molar-refractivity contribution in [2.45, 2.75) is 19.6 Å². The zero-order chi connectivity index (χ0) is 16.1. The normalized spacial score (nSPS) is 11.8. The van der Waals surface area contributed by atoms with E-state index in [0.29, 0.717) is 10.2 Å². The van der Waals surface area contributed by atoms with E-state index in [4.69, 9.17) is 9.15 Å². The fourth-order valence-electron chi connectivity index (χ4n) is 1.66. The lowest BCUT2D eigenvalue weighted by molar-refractivity contribution is -0.129. The molecule has 1 amide bonds. The number of hydrogen-bond acceptors (Lipinski definition) is 4. The lowest BCUT2D eigenvalue weighted by Gasteiger charge is -2.13. The standard InChI is InChI=1S/C15H13BrFNO4/c1-9(14(19)18-8-11-3-2-6-21-11)22-15(20)12-5-4-10(16)7-13(12)17/h2-7,9H,8H2,1H3,(H,18,19)/t9-/m0/s1. The number of carbonyl (C=O) groups excluding carboxylic acids is 2. The molecule has 0 aliphatic heterocycles. The topological polar surface area (TPSA) is 68.5 Å². The summed E-state index contributed by atoms with van der Waals surface area (Å²) < 4.78 is 24.2. The SMILES string of the molecule is C[C@H](OC(=O)c1ccc(Br)cc1F)C(=O)NCc1ccco1. The first kappa shape index (κ1) is 16.2. The van der Waals surface area contributed by atoms with Crippen molar-refractivity contribution in [3.63, 3.8) is 0 Å². The largest absolute Gasteiger partial charge is 0.467 e. The number of amides is 1. The van der Waals surface area contributed by atoms with Crippen LogP contribution in [0.4, 0.5) is 4.39 Å². The lowest BCUT2D eigenvalue weighted by Crippen LogP contribution is -2.35. The number of esters is 1. The maximum Gasteiger partial charge on any atom is 0.341 e. The summed E-state index contributed by atoms with van der Waals surface area (Å²) in [6, 6.07) is 7.35. The Hall–Kier alpha value is -2.15. The molecule has 5 nitrogen and oxygen atoms in total. The molecule has 0 aliphatic rings. The van der Waals surface area contributed by atoms with Gasteiger partial charge in [-0.15, -0.1) is 0 Å². The average molecular weight is 370 g/mol.